The predicted molar refractivity (Wildman–Crippen MR) is 105 cm³/mol. The van der Waals surface area contributed by atoms with Crippen molar-refractivity contribution in [1.29, 1.82) is 0 Å². The van der Waals surface area contributed by atoms with E-state index in [1.807, 2.05) is 0 Å². The van der Waals surface area contributed by atoms with Crippen molar-refractivity contribution in [1.82, 2.24) is 0 Å². The smallest absolute Gasteiger partial charge is 0.238 e. The third-order valence-corrected chi connectivity index (χ3v) is 4.54. The summed E-state index contributed by atoms with van der Waals surface area (Å²) >= 11 is 0. The second-order valence-corrected chi connectivity index (χ2v) is 6.81. The molecule has 2 heterocycles. The molecule has 1 aliphatic heterocycles. The number of aromatic hydroxyl groups is 5. The highest BCUT2D eigenvalue weighted by Crippen LogP contribution is 2.37. The van der Waals surface area contributed by atoms with E-state index in [-0.39, 0.29) is 47.0 Å². The molecule has 11 heteroatoms. The van der Waals surface area contributed by atoms with E-state index in [4.69, 9.17) is 24.5 Å². The SMILES string of the molecule is O=c1c(O)c(-c2ccc(O)c(O)c2)oc2cc(O)cc(O)c12.OC1[C@H](O)COC[C@@H]1O. The molecule has 0 radical (unpaired) electrons. The maximum atomic E-state index is 12.1. The summed E-state index contributed by atoms with van der Waals surface area (Å²) in [5.41, 5.74) is -0.890. The van der Waals surface area contributed by atoms with E-state index in [0.29, 0.717) is 0 Å². The van der Waals surface area contributed by atoms with E-state index in [1.165, 1.54) is 6.07 Å². The minimum atomic E-state index is -1.04. The quantitative estimate of drug-likeness (QED) is 0.240. The number of aliphatic hydroxyl groups excluding tert-OH is 3. The summed E-state index contributed by atoms with van der Waals surface area (Å²) in [5.74, 6) is -2.71. The number of fused-ring (bicyclic) bond motifs is 1. The molecule has 1 fully saturated rings. The number of phenols is 4. The molecule has 8 N–H and O–H groups in total. The van der Waals surface area contributed by atoms with Gasteiger partial charge in [0.15, 0.2) is 17.3 Å². The Balaban J connectivity index is 0.000000254. The maximum Gasteiger partial charge on any atom is 0.238 e. The summed E-state index contributed by atoms with van der Waals surface area (Å²) in [6.07, 6.45) is -2.92. The molecule has 31 heavy (non-hydrogen) atoms. The van der Waals surface area contributed by atoms with Gasteiger partial charge in [-0.3, -0.25) is 4.79 Å². The lowest BCUT2D eigenvalue weighted by Gasteiger charge is -2.27. The van der Waals surface area contributed by atoms with E-state index in [9.17, 15) is 30.3 Å². The van der Waals surface area contributed by atoms with Crippen LogP contribution in [0, 0.1) is 0 Å². The van der Waals surface area contributed by atoms with Gasteiger partial charge in [0.1, 0.15) is 40.8 Å². The number of hydrogen-bond acceptors (Lipinski definition) is 11. The summed E-state index contributed by atoms with van der Waals surface area (Å²) in [5, 5.41) is 74.1. The van der Waals surface area contributed by atoms with Gasteiger partial charge in [0.2, 0.25) is 11.2 Å². The molecule has 0 aliphatic carbocycles. The van der Waals surface area contributed by atoms with Crippen LogP contribution in [0.4, 0.5) is 0 Å². The van der Waals surface area contributed by atoms with Crippen LogP contribution in [0.25, 0.3) is 22.3 Å². The van der Waals surface area contributed by atoms with E-state index in [2.05, 4.69) is 0 Å². The van der Waals surface area contributed by atoms with Crippen LogP contribution in [0.15, 0.2) is 39.5 Å². The number of hydrogen-bond donors (Lipinski definition) is 8. The summed E-state index contributed by atoms with van der Waals surface area (Å²) in [4.78, 5) is 12.1. The van der Waals surface area contributed by atoms with Crippen molar-refractivity contribution >= 4 is 11.0 Å². The van der Waals surface area contributed by atoms with Crippen LogP contribution < -0.4 is 5.43 Å². The summed E-state index contributed by atoms with van der Waals surface area (Å²) in [7, 11) is 0. The molecule has 4 rings (SSSR count). The molecule has 0 bridgehead atoms. The first kappa shape index (κ1) is 22.2. The molecular formula is C20H20O11. The predicted octanol–water partition coefficient (Wildman–Crippen LogP) is 0.0873. The van der Waals surface area contributed by atoms with Crippen molar-refractivity contribution in [2.75, 3.05) is 13.2 Å². The number of rotatable bonds is 1. The molecule has 1 saturated heterocycles. The van der Waals surface area contributed by atoms with Gasteiger partial charge in [0.05, 0.1) is 13.2 Å². The fourth-order valence-electron chi connectivity index (χ4n) is 2.90. The molecule has 1 aliphatic rings. The van der Waals surface area contributed by atoms with Crippen molar-refractivity contribution < 1.29 is 50.0 Å². The topological polar surface area (TPSA) is 201 Å². The Morgan fingerprint density at radius 3 is 2.03 bits per heavy atom. The van der Waals surface area contributed by atoms with Crippen LogP contribution in [0.3, 0.4) is 0 Å². The third-order valence-electron chi connectivity index (χ3n) is 4.54. The van der Waals surface area contributed by atoms with E-state index >= 15 is 0 Å². The minimum absolute atomic E-state index is 0.109. The summed E-state index contributed by atoms with van der Waals surface area (Å²) in [6, 6.07) is 5.64. The molecule has 1 aromatic heterocycles. The van der Waals surface area contributed by atoms with Crippen molar-refractivity contribution in [2.24, 2.45) is 0 Å². The molecule has 2 aromatic carbocycles. The Bertz CT molecular complexity index is 1140. The Hall–Kier alpha value is -3.51. The van der Waals surface area contributed by atoms with Gasteiger partial charge in [0.25, 0.3) is 0 Å². The van der Waals surface area contributed by atoms with Crippen LogP contribution in [0.5, 0.6) is 28.7 Å². The van der Waals surface area contributed by atoms with Gasteiger partial charge < -0.3 is 50.0 Å². The average Bonchev–Trinajstić information content (AvgIpc) is 2.71. The highest BCUT2D eigenvalue weighted by molar-refractivity contribution is 5.88. The van der Waals surface area contributed by atoms with E-state index in [0.717, 1.165) is 24.3 Å². The van der Waals surface area contributed by atoms with Crippen LogP contribution in [0.1, 0.15) is 0 Å². The lowest BCUT2D eigenvalue weighted by Crippen LogP contribution is -2.47. The lowest BCUT2D eigenvalue weighted by molar-refractivity contribution is -0.150. The molecule has 3 aromatic rings. The van der Waals surface area contributed by atoms with Crippen molar-refractivity contribution in [3.05, 3.63) is 40.6 Å². The first-order valence-corrected chi connectivity index (χ1v) is 8.96. The fourth-order valence-corrected chi connectivity index (χ4v) is 2.90. The Morgan fingerprint density at radius 2 is 1.45 bits per heavy atom. The van der Waals surface area contributed by atoms with Gasteiger partial charge in [0, 0.05) is 17.7 Å². The molecule has 0 amide bonds. The molecule has 1 unspecified atom stereocenters. The van der Waals surface area contributed by atoms with Gasteiger partial charge in [-0.25, -0.2) is 0 Å². The van der Waals surface area contributed by atoms with Crippen LogP contribution in [-0.2, 0) is 4.74 Å². The second kappa shape index (κ2) is 8.70. The van der Waals surface area contributed by atoms with Crippen molar-refractivity contribution in [3.8, 4) is 40.1 Å². The maximum absolute atomic E-state index is 12.1. The first-order valence-electron chi connectivity index (χ1n) is 8.96. The highest BCUT2D eigenvalue weighted by Gasteiger charge is 2.29. The van der Waals surface area contributed by atoms with E-state index in [1.54, 1.807) is 0 Å². The van der Waals surface area contributed by atoms with Crippen molar-refractivity contribution in [3.63, 3.8) is 0 Å². The zero-order valence-electron chi connectivity index (χ0n) is 15.8. The van der Waals surface area contributed by atoms with Crippen LogP contribution in [0.2, 0.25) is 0 Å². The standard InChI is InChI=1S/C15H10O7.C5H10O4/c16-7-4-10(19)12-11(5-7)22-15(14(21)13(12)20)6-1-2-8(17)9(18)3-6;6-3-1-9-2-4(7)5(3)8/h1-5,16-19,21H;3-8H,1-2H2/t;3-,4+,5?. The molecule has 3 atom stereocenters. The first-order chi connectivity index (χ1) is 14.6. The highest BCUT2D eigenvalue weighted by atomic mass is 16.5. The fraction of sp³-hybridized carbons (Fsp3) is 0.250. The number of ether oxygens (including phenoxy) is 1. The van der Waals surface area contributed by atoms with Crippen LogP contribution >= 0.6 is 0 Å². The summed E-state index contributed by atoms with van der Waals surface area (Å²) < 4.78 is 10.1. The van der Waals surface area contributed by atoms with Crippen molar-refractivity contribution in [2.45, 2.75) is 18.3 Å². The largest absolute Gasteiger partial charge is 0.508 e. The molecule has 0 spiro atoms. The zero-order chi connectivity index (χ0) is 22.9. The molecular weight excluding hydrogens is 416 g/mol. The molecule has 11 nitrogen and oxygen atoms in total. The van der Waals surface area contributed by atoms with Gasteiger partial charge in [-0.2, -0.15) is 0 Å². The number of phenolic OH excluding ortho intramolecular Hbond substituents is 4. The Morgan fingerprint density at radius 1 is 0.806 bits per heavy atom. The molecule has 0 saturated carbocycles. The zero-order valence-corrected chi connectivity index (χ0v) is 15.8. The monoisotopic (exact) mass is 436 g/mol. The second-order valence-electron chi connectivity index (χ2n) is 6.81. The number of benzene rings is 2. The minimum Gasteiger partial charge on any atom is -0.508 e. The normalized spacial score (nSPS) is 20.8. The van der Waals surface area contributed by atoms with Crippen LogP contribution in [-0.4, -0.2) is 72.4 Å². The molecule has 166 valence electrons. The Labute approximate surface area is 173 Å². The summed E-state index contributed by atoms with van der Waals surface area (Å²) in [6.45, 7) is 0.219. The Kier molecular flexibility index (Phi) is 6.22. The third kappa shape index (κ3) is 4.49. The van der Waals surface area contributed by atoms with Gasteiger partial charge in [-0.15, -0.1) is 0 Å². The van der Waals surface area contributed by atoms with Gasteiger partial charge in [-0.05, 0) is 18.2 Å². The average molecular weight is 436 g/mol. The van der Waals surface area contributed by atoms with Gasteiger partial charge >= 0.3 is 0 Å². The number of aliphatic hydroxyl groups is 3. The van der Waals surface area contributed by atoms with E-state index < -0.39 is 41.0 Å². The van der Waals surface area contributed by atoms with Gasteiger partial charge in [-0.1, -0.05) is 0 Å². The lowest BCUT2D eigenvalue weighted by atomic mass is 10.1.